The Morgan fingerprint density at radius 2 is 1.84 bits per heavy atom. The summed E-state index contributed by atoms with van der Waals surface area (Å²) in [5.41, 5.74) is 0.129. The maximum atomic E-state index is 12.8. The second kappa shape index (κ2) is 9.37. The zero-order chi connectivity index (χ0) is 22.5. The molecule has 0 spiro atoms. The van der Waals surface area contributed by atoms with Gasteiger partial charge in [-0.15, -0.1) is 0 Å². The molecule has 1 atom stereocenters. The van der Waals surface area contributed by atoms with Crippen LogP contribution in [0.3, 0.4) is 0 Å². The lowest BCUT2D eigenvalue weighted by atomic mass is 9.95. The van der Waals surface area contributed by atoms with Crippen molar-refractivity contribution in [1.82, 2.24) is 4.90 Å². The molecule has 0 aromatic heterocycles. The number of nitro groups is 1. The summed E-state index contributed by atoms with van der Waals surface area (Å²) >= 11 is 0. The first-order valence-corrected chi connectivity index (χ1v) is 9.36. The van der Waals surface area contributed by atoms with Crippen LogP contribution in [0, 0.1) is 10.1 Å². The molecule has 1 heterocycles. The van der Waals surface area contributed by atoms with Crippen molar-refractivity contribution in [3.8, 4) is 5.75 Å². The second-order valence-electron chi connectivity index (χ2n) is 6.73. The molecule has 31 heavy (non-hydrogen) atoms. The van der Waals surface area contributed by atoms with E-state index in [-0.39, 0.29) is 48.9 Å². The van der Waals surface area contributed by atoms with Crippen molar-refractivity contribution in [2.75, 3.05) is 26.4 Å². The summed E-state index contributed by atoms with van der Waals surface area (Å²) in [6.45, 7) is -0.0964. The summed E-state index contributed by atoms with van der Waals surface area (Å²) in [6, 6.07) is 9.86. The van der Waals surface area contributed by atoms with E-state index in [1.54, 1.807) is 12.1 Å². The molecule has 1 saturated heterocycles. The maximum Gasteiger partial charge on any atom is 0.295 e. The number of nitro benzene ring substituents is 1. The number of rotatable bonds is 8. The molecule has 1 unspecified atom stereocenters. The van der Waals surface area contributed by atoms with Crippen molar-refractivity contribution < 1.29 is 34.6 Å². The van der Waals surface area contributed by atoms with Crippen molar-refractivity contribution in [2.24, 2.45) is 0 Å². The Bertz CT molecular complexity index is 1030. The molecule has 1 aliphatic heterocycles. The van der Waals surface area contributed by atoms with Crippen LogP contribution in [0.25, 0.3) is 5.76 Å². The van der Waals surface area contributed by atoms with Gasteiger partial charge in [-0.25, -0.2) is 0 Å². The van der Waals surface area contributed by atoms with Gasteiger partial charge in [0.25, 0.3) is 17.4 Å². The van der Waals surface area contributed by atoms with Crippen molar-refractivity contribution in [1.29, 1.82) is 0 Å². The zero-order valence-corrected chi connectivity index (χ0v) is 16.3. The number of nitrogens with zero attached hydrogens (tertiary/aromatic N) is 2. The van der Waals surface area contributed by atoms with Crippen LogP contribution in [-0.4, -0.2) is 63.2 Å². The first-order chi connectivity index (χ1) is 14.8. The highest BCUT2D eigenvalue weighted by atomic mass is 16.6. The predicted molar refractivity (Wildman–Crippen MR) is 108 cm³/mol. The molecule has 162 valence electrons. The van der Waals surface area contributed by atoms with E-state index in [1.807, 2.05) is 0 Å². The number of amides is 1. The minimum Gasteiger partial charge on any atom is -0.508 e. The van der Waals surface area contributed by atoms with Crippen molar-refractivity contribution in [3.63, 3.8) is 0 Å². The van der Waals surface area contributed by atoms with Gasteiger partial charge in [0, 0.05) is 24.2 Å². The molecular weight excluding hydrogens is 408 g/mol. The molecule has 0 radical (unpaired) electrons. The molecule has 1 aliphatic rings. The van der Waals surface area contributed by atoms with Crippen LogP contribution in [0.4, 0.5) is 5.69 Å². The fraction of sp³-hybridized carbons (Fsp3) is 0.238. The standard InChI is InChI=1S/C21H20N2O8/c24-9-11-31-10-8-22-18(14-2-1-3-16(25)12-14)17(20(27)21(22)28)19(26)13-4-6-15(7-5-13)23(29)30/h1-7,12,18,24-26H,8-11H2/b19-17+. The average Bonchev–Trinajstić information content (AvgIpc) is 3.01. The van der Waals surface area contributed by atoms with E-state index in [9.17, 15) is 29.9 Å². The van der Waals surface area contributed by atoms with Crippen LogP contribution < -0.4 is 0 Å². The summed E-state index contributed by atoms with van der Waals surface area (Å²) in [5.74, 6) is -2.36. The van der Waals surface area contributed by atoms with Gasteiger partial charge in [-0.2, -0.15) is 0 Å². The molecule has 10 heteroatoms. The molecule has 10 nitrogen and oxygen atoms in total. The Kier molecular flexibility index (Phi) is 6.63. The average molecular weight is 428 g/mol. The molecule has 1 fully saturated rings. The van der Waals surface area contributed by atoms with Crippen molar-refractivity contribution >= 4 is 23.1 Å². The van der Waals surface area contributed by atoms with E-state index in [0.29, 0.717) is 5.56 Å². The minimum absolute atomic E-state index is 0.00192. The van der Waals surface area contributed by atoms with Crippen LogP contribution >= 0.6 is 0 Å². The Balaban J connectivity index is 2.06. The molecular formula is C21H20N2O8. The maximum absolute atomic E-state index is 12.8. The Hall–Kier alpha value is -3.76. The van der Waals surface area contributed by atoms with Gasteiger partial charge in [0.15, 0.2) is 0 Å². The quantitative estimate of drug-likeness (QED) is 0.144. The first kappa shape index (κ1) is 21.9. The van der Waals surface area contributed by atoms with Crippen LogP contribution in [0.5, 0.6) is 5.75 Å². The number of aromatic hydroxyl groups is 1. The smallest absolute Gasteiger partial charge is 0.295 e. The minimum atomic E-state index is -1.000. The van der Waals surface area contributed by atoms with E-state index >= 15 is 0 Å². The van der Waals surface area contributed by atoms with Gasteiger partial charge in [-0.1, -0.05) is 12.1 Å². The van der Waals surface area contributed by atoms with Gasteiger partial charge in [-0.3, -0.25) is 19.7 Å². The van der Waals surface area contributed by atoms with Crippen molar-refractivity contribution in [2.45, 2.75) is 6.04 Å². The fourth-order valence-corrected chi connectivity index (χ4v) is 3.38. The molecule has 3 rings (SSSR count). The number of likely N-dealkylation sites (tertiary alicyclic amines) is 1. The van der Waals surface area contributed by atoms with Gasteiger partial charge in [0.05, 0.1) is 36.4 Å². The van der Waals surface area contributed by atoms with Crippen LogP contribution in [-0.2, 0) is 14.3 Å². The van der Waals surface area contributed by atoms with Gasteiger partial charge < -0.3 is 25.0 Å². The lowest BCUT2D eigenvalue weighted by molar-refractivity contribution is -0.384. The molecule has 3 N–H and O–H groups in total. The zero-order valence-electron chi connectivity index (χ0n) is 16.3. The van der Waals surface area contributed by atoms with Crippen LogP contribution in [0.2, 0.25) is 0 Å². The number of carbonyl (C=O) groups is 2. The fourth-order valence-electron chi connectivity index (χ4n) is 3.38. The molecule has 0 aliphatic carbocycles. The first-order valence-electron chi connectivity index (χ1n) is 9.36. The van der Waals surface area contributed by atoms with Gasteiger partial charge in [-0.05, 0) is 29.8 Å². The summed E-state index contributed by atoms with van der Waals surface area (Å²) in [5, 5.41) is 40.4. The third-order valence-corrected chi connectivity index (χ3v) is 4.79. The van der Waals surface area contributed by atoms with Crippen molar-refractivity contribution in [3.05, 3.63) is 75.3 Å². The van der Waals surface area contributed by atoms with Crippen LogP contribution in [0.1, 0.15) is 17.2 Å². The number of Topliss-reactive ketones (excluding diaryl/α,β-unsaturated/α-hetero) is 1. The Morgan fingerprint density at radius 1 is 1.13 bits per heavy atom. The highest BCUT2D eigenvalue weighted by Crippen LogP contribution is 2.40. The normalized spacial score (nSPS) is 17.8. The highest BCUT2D eigenvalue weighted by Gasteiger charge is 2.46. The van der Waals surface area contributed by atoms with Gasteiger partial charge >= 0.3 is 0 Å². The lowest BCUT2D eigenvalue weighted by Crippen LogP contribution is -2.33. The van der Waals surface area contributed by atoms with E-state index < -0.39 is 28.4 Å². The van der Waals surface area contributed by atoms with E-state index in [1.165, 1.54) is 41.3 Å². The SMILES string of the molecule is O=C1C(=O)N(CCOCCO)C(c2cccc(O)c2)/C1=C(\O)c1ccc([N+](=O)[O-])cc1. The number of carbonyl (C=O) groups excluding carboxylic acids is 2. The summed E-state index contributed by atoms with van der Waals surface area (Å²) < 4.78 is 5.21. The predicted octanol–water partition coefficient (Wildman–Crippen LogP) is 1.73. The molecule has 2 aromatic rings. The molecule has 0 saturated carbocycles. The largest absolute Gasteiger partial charge is 0.508 e. The number of benzene rings is 2. The number of aliphatic hydroxyl groups is 2. The van der Waals surface area contributed by atoms with E-state index in [0.717, 1.165) is 0 Å². The molecule has 0 bridgehead atoms. The molecule has 1 amide bonds. The number of non-ortho nitro benzene ring substituents is 1. The monoisotopic (exact) mass is 428 g/mol. The number of aliphatic hydroxyl groups excluding tert-OH is 2. The Labute approximate surface area is 176 Å². The number of phenols is 1. The highest BCUT2D eigenvalue weighted by molar-refractivity contribution is 6.46. The van der Waals surface area contributed by atoms with E-state index in [2.05, 4.69) is 0 Å². The summed E-state index contributed by atoms with van der Waals surface area (Å²) in [4.78, 5) is 37.0. The molecule has 2 aromatic carbocycles. The van der Waals surface area contributed by atoms with Crippen LogP contribution in [0.15, 0.2) is 54.1 Å². The number of hydrogen-bond acceptors (Lipinski definition) is 8. The van der Waals surface area contributed by atoms with E-state index in [4.69, 9.17) is 9.84 Å². The topological polar surface area (TPSA) is 150 Å². The van der Waals surface area contributed by atoms with Gasteiger partial charge in [0.2, 0.25) is 0 Å². The summed E-state index contributed by atoms with van der Waals surface area (Å²) in [6.07, 6.45) is 0. The third-order valence-electron chi connectivity index (χ3n) is 4.79. The number of ketones is 1. The number of phenolic OH excluding ortho intramolecular Hbond substituents is 1. The number of hydrogen-bond donors (Lipinski definition) is 3. The lowest BCUT2D eigenvalue weighted by Gasteiger charge is -2.25. The summed E-state index contributed by atoms with van der Waals surface area (Å²) in [7, 11) is 0. The third kappa shape index (κ3) is 4.55. The Morgan fingerprint density at radius 3 is 2.45 bits per heavy atom. The van der Waals surface area contributed by atoms with Gasteiger partial charge in [0.1, 0.15) is 11.5 Å². The second-order valence-corrected chi connectivity index (χ2v) is 6.73. The number of ether oxygens (including phenoxy) is 1.